The normalized spacial score (nSPS) is 13.2. The highest BCUT2D eigenvalue weighted by molar-refractivity contribution is 4.99. The average Bonchev–Trinajstić information content (AvgIpc) is 2.51. The minimum atomic E-state index is 0.358. The lowest BCUT2D eigenvalue weighted by atomic mass is 10.1. The Morgan fingerprint density at radius 1 is 1.62 bits per heavy atom. The van der Waals surface area contributed by atoms with Crippen LogP contribution in [0.1, 0.15) is 31.7 Å². The highest BCUT2D eigenvalue weighted by Crippen LogP contribution is 2.01. The van der Waals surface area contributed by atoms with Crippen molar-refractivity contribution in [1.82, 2.24) is 9.78 Å². The lowest BCUT2D eigenvalue weighted by Gasteiger charge is -2.07. The zero-order chi connectivity index (χ0) is 9.68. The van der Waals surface area contributed by atoms with Crippen molar-refractivity contribution in [2.75, 3.05) is 0 Å². The summed E-state index contributed by atoms with van der Waals surface area (Å²) in [6.45, 7) is 5.17. The van der Waals surface area contributed by atoms with Gasteiger partial charge in [0.05, 0.1) is 6.20 Å². The van der Waals surface area contributed by atoms with Crippen LogP contribution in [-0.2, 0) is 6.54 Å². The Labute approximate surface area is 79.9 Å². The van der Waals surface area contributed by atoms with Crippen molar-refractivity contribution < 1.29 is 0 Å². The Balaban J connectivity index is 2.20. The smallest absolute Gasteiger partial charge is 0.0518 e. The van der Waals surface area contributed by atoms with E-state index in [0.29, 0.717) is 6.04 Å². The fourth-order valence-electron chi connectivity index (χ4n) is 1.31. The number of aryl methyl sites for hydroxylation is 2. The van der Waals surface area contributed by atoms with Crippen LogP contribution in [0.3, 0.4) is 0 Å². The third kappa shape index (κ3) is 3.59. The van der Waals surface area contributed by atoms with E-state index in [1.807, 2.05) is 10.9 Å². The van der Waals surface area contributed by atoms with Crippen molar-refractivity contribution in [3.63, 3.8) is 0 Å². The second-order valence-corrected chi connectivity index (χ2v) is 3.59. The SMILES string of the molecule is CCC(N)CCCn1cc(C)cn1. The molecule has 0 aliphatic rings. The summed E-state index contributed by atoms with van der Waals surface area (Å²) in [6.07, 6.45) is 7.24. The molecule has 2 N–H and O–H groups in total. The van der Waals surface area contributed by atoms with Gasteiger partial charge in [-0.2, -0.15) is 5.10 Å². The maximum atomic E-state index is 5.81. The van der Waals surface area contributed by atoms with Crippen LogP contribution >= 0.6 is 0 Å². The molecule has 0 fully saturated rings. The van der Waals surface area contributed by atoms with Crippen LogP contribution in [0.15, 0.2) is 12.4 Å². The Morgan fingerprint density at radius 2 is 2.38 bits per heavy atom. The van der Waals surface area contributed by atoms with E-state index in [-0.39, 0.29) is 0 Å². The molecule has 0 saturated heterocycles. The number of rotatable bonds is 5. The predicted octanol–water partition coefficient (Wildman–Crippen LogP) is 1.71. The summed E-state index contributed by atoms with van der Waals surface area (Å²) in [4.78, 5) is 0. The Kier molecular flexibility index (Phi) is 3.96. The first-order valence-corrected chi connectivity index (χ1v) is 4.97. The van der Waals surface area contributed by atoms with Crippen LogP contribution < -0.4 is 5.73 Å². The Morgan fingerprint density at radius 3 is 2.92 bits per heavy atom. The molecule has 74 valence electrons. The molecule has 0 spiro atoms. The molecule has 0 bridgehead atoms. The van der Waals surface area contributed by atoms with Gasteiger partial charge in [-0.25, -0.2) is 0 Å². The molecule has 1 rings (SSSR count). The zero-order valence-corrected chi connectivity index (χ0v) is 8.53. The topological polar surface area (TPSA) is 43.8 Å². The van der Waals surface area contributed by atoms with Crippen molar-refractivity contribution >= 4 is 0 Å². The largest absolute Gasteiger partial charge is 0.328 e. The molecule has 0 aromatic carbocycles. The van der Waals surface area contributed by atoms with E-state index in [1.54, 1.807) is 0 Å². The maximum Gasteiger partial charge on any atom is 0.0518 e. The maximum absolute atomic E-state index is 5.81. The fourth-order valence-corrected chi connectivity index (χ4v) is 1.31. The number of hydrogen-bond donors (Lipinski definition) is 1. The standard InChI is InChI=1S/C10H19N3/c1-3-10(11)5-4-6-13-8-9(2)7-12-13/h7-8,10H,3-6,11H2,1-2H3. The molecule has 0 aliphatic carbocycles. The predicted molar refractivity (Wildman–Crippen MR) is 54.5 cm³/mol. The second kappa shape index (κ2) is 5.02. The molecule has 1 atom stereocenters. The van der Waals surface area contributed by atoms with E-state index in [9.17, 15) is 0 Å². The van der Waals surface area contributed by atoms with Crippen LogP contribution in [-0.4, -0.2) is 15.8 Å². The van der Waals surface area contributed by atoms with Gasteiger partial charge in [0.2, 0.25) is 0 Å². The first-order chi connectivity index (χ1) is 6.22. The number of nitrogens with zero attached hydrogens (tertiary/aromatic N) is 2. The van der Waals surface area contributed by atoms with E-state index >= 15 is 0 Å². The van der Waals surface area contributed by atoms with Crippen LogP contribution in [0, 0.1) is 6.92 Å². The van der Waals surface area contributed by atoms with Crippen molar-refractivity contribution in [2.45, 2.75) is 45.7 Å². The monoisotopic (exact) mass is 181 g/mol. The summed E-state index contributed by atoms with van der Waals surface area (Å²) in [5.41, 5.74) is 7.03. The van der Waals surface area contributed by atoms with E-state index in [0.717, 1.165) is 25.8 Å². The highest BCUT2D eigenvalue weighted by Gasteiger charge is 1.99. The summed E-state index contributed by atoms with van der Waals surface area (Å²) >= 11 is 0. The Bertz CT molecular complexity index is 242. The van der Waals surface area contributed by atoms with Crippen molar-refractivity contribution in [3.05, 3.63) is 18.0 Å². The van der Waals surface area contributed by atoms with Crippen molar-refractivity contribution in [1.29, 1.82) is 0 Å². The summed E-state index contributed by atoms with van der Waals surface area (Å²) < 4.78 is 1.98. The van der Waals surface area contributed by atoms with E-state index < -0.39 is 0 Å². The lowest BCUT2D eigenvalue weighted by molar-refractivity contribution is 0.501. The van der Waals surface area contributed by atoms with Crippen molar-refractivity contribution in [3.8, 4) is 0 Å². The van der Waals surface area contributed by atoms with Gasteiger partial charge in [0.1, 0.15) is 0 Å². The lowest BCUT2D eigenvalue weighted by Crippen LogP contribution is -2.18. The van der Waals surface area contributed by atoms with Crippen LogP contribution in [0.5, 0.6) is 0 Å². The minimum Gasteiger partial charge on any atom is -0.328 e. The molecule has 3 heteroatoms. The van der Waals surface area contributed by atoms with Crippen LogP contribution in [0.25, 0.3) is 0 Å². The molecule has 1 aromatic rings. The fraction of sp³-hybridized carbons (Fsp3) is 0.700. The third-order valence-corrected chi connectivity index (χ3v) is 2.25. The molecule has 3 nitrogen and oxygen atoms in total. The molecular formula is C10H19N3. The second-order valence-electron chi connectivity index (χ2n) is 3.59. The van der Waals surface area contributed by atoms with Gasteiger partial charge in [-0.1, -0.05) is 6.92 Å². The summed E-state index contributed by atoms with van der Waals surface area (Å²) in [5, 5.41) is 4.21. The first-order valence-electron chi connectivity index (χ1n) is 4.97. The van der Waals surface area contributed by atoms with Gasteiger partial charge in [-0.3, -0.25) is 4.68 Å². The van der Waals surface area contributed by atoms with E-state index in [4.69, 9.17) is 5.73 Å². The molecule has 13 heavy (non-hydrogen) atoms. The van der Waals surface area contributed by atoms with Crippen LogP contribution in [0.4, 0.5) is 0 Å². The van der Waals surface area contributed by atoms with Crippen molar-refractivity contribution in [2.24, 2.45) is 5.73 Å². The van der Waals surface area contributed by atoms with Gasteiger partial charge < -0.3 is 5.73 Å². The molecule has 1 heterocycles. The molecule has 1 aromatic heterocycles. The molecule has 0 aliphatic heterocycles. The quantitative estimate of drug-likeness (QED) is 0.751. The van der Waals surface area contributed by atoms with E-state index in [1.165, 1.54) is 5.56 Å². The van der Waals surface area contributed by atoms with Gasteiger partial charge in [0, 0.05) is 18.8 Å². The molecular weight excluding hydrogens is 162 g/mol. The van der Waals surface area contributed by atoms with Crippen LogP contribution in [0.2, 0.25) is 0 Å². The minimum absolute atomic E-state index is 0.358. The summed E-state index contributed by atoms with van der Waals surface area (Å²) in [7, 11) is 0. The number of nitrogens with two attached hydrogens (primary N) is 1. The zero-order valence-electron chi connectivity index (χ0n) is 8.53. The molecule has 0 saturated carbocycles. The summed E-state index contributed by atoms with van der Waals surface area (Å²) in [5.74, 6) is 0. The highest BCUT2D eigenvalue weighted by atomic mass is 15.3. The first kappa shape index (κ1) is 10.3. The van der Waals surface area contributed by atoms with Gasteiger partial charge in [0.25, 0.3) is 0 Å². The number of hydrogen-bond acceptors (Lipinski definition) is 2. The van der Waals surface area contributed by atoms with Gasteiger partial charge >= 0.3 is 0 Å². The molecule has 0 amide bonds. The molecule has 1 unspecified atom stereocenters. The van der Waals surface area contributed by atoms with E-state index in [2.05, 4.69) is 25.1 Å². The Hall–Kier alpha value is -0.830. The average molecular weight is 181 g/mol. The summed E-state index contributed by atoms with van der Waals surface area (Å²) in [6, 6.07) is 0.358. The third-order valence-electron chi connectivity index (χ3n) is 2.25. The molecule has 0 radical (unpaired) electrons. The van der Waals surface area contributed by atoms with Gasteiger partial charge in [-0.15, -0.1) is 0 Å². The van der Waals surface area contributed by atoms with Gasteiger partial charge in [0.15, 0.2) is 0 Å². The van der Waals surface area contributed by atoms with Gasteiger partial charge in [-0.05, 0) is 31.7 Å². The number of aromatic nitrogens is 2.